The summed E-state index contributed by atoms with van der Waals surface area (Å²) in [4.78, 5) is 39.4. The lowest BCUT2D eigenvalue weighted by molar-refractivity contribution is -0.0490. The van der Waals surface area contributed by atoms with Gasteiger partial charge < -0.3 is 20.3 Å². The quantitative estimate of drug-likeness (QED) is 0.624. The molecule has 4 atom stereocenters. The molecule has 10 heteroatoms. The Labute approximate surface area is 158 Å². The molecular formula is C18H18FN3O6. The van der Waals surface area contributed by atoms with E-state index in [-0.39, 0.29) is 17.2 Å². The third-order valence-electron chi connectivity index (χ3n) is 4.37. The summed E-state index contributed by atoms with van der Waals surface area (Å²) < 4.78 is 20.1. The minimum Gasteiger partial charge on any atom is -0.394 e. The highest BCUT2D eigenvalue weighted by molar-refractivity contribution is 6.04. The Morgan fingerprint density at radius 1 is 1.25 bits per heavy atom. The van der Waals surface area contributed by atoms with Crippen LogP contribution in [0.4, 0.5) is 10.2 Å². The second kappa shape index (κ2) is 7.97. The number of benzene rings is 1. The maximum atomic E-state index is 14.1. The summed E-state index contributed by atoms with van der Waals surface area (Å²) in [5, 5.41) is 21.2. The zero-order chi connectivity index (χ0) is 20.4. The van der Waals surface area contributed by atoms with Crippen molar-refractivity contribution in [3.63, 3.8) is 0 Å². The molecule has 1 saturated heterocycles. The van der Waals surface area contributed by atoms with Crippen LogP contribution in [0.3, 0.4) is 0 Å². The normalized spacial score (nSPS) is 24.1. The highest BCUT2D eigenvalue weighted by Gasteiger charge is 2.45. The molecule has 1 amide bonds. The Hall–Kier alpha value is -2.95. The Kier molecular flexibility index (Phi) is 5.63. The molecule has 9 nitrogen and oxygen atoms in total. The van der Waals surface area contributed by atoms with E-state index in [1.54, 1.807) is 0 Å². The molecule has 28 heavy (non-hydrogen) atoms. The summed E-state index contributed by atoms with van der Waals surface area (Å²) >= 11 is 0. The minimum absolute atomic E-state index is 0.0606. The molecule has 1 aromatic carbocycles. The van der Waals surface area contributed by atoms with Gasteiger partial charge in [0.25, 0.3) is 5.91 Å². The van der Waals surface area contributed by atoms with Crippen LogP contribution < -0.4 is 11.0 Å². The second-order valence-electron chi connectivity index (χ2n) is 6.27. The summed E-state index contributed by atoms with van der Waals surface area (Å²) in [5.74, 6) is -0.739. The first-order valence-corrected chi connectivity index (χ1v) is 8.42. The molecule has 0 aliphatic carbocycles. The summed E-state index contributed by atoms with van der Waals surface area (Å²) in [5.41, 5.74) is -0.186. The number of hydrogen-bond acceptors (Lipinski definition) is 7. The van der Waals surface area contributed by atoms with E-state index in [9.17, 15) is 23.9 Å². The molecule has 0 saturated carbocycles. The highest BCUT2D eigenvalue weighted by Crippen LogP contribution is 2.30. The van der Waals surface area contributed by atoms with Gasteiger partial charge >= 0.3 is 5.69 Å². The lowest BCUT2D eigenvalue weighted by Gasteiger charge is -2.16. The van der Waals surface area contributed by atoms with Crippen LogP contribution in [0.15, 0.2) is 41.3 Å². The minimum atomic E-state index is -1.92. The van der Waals surface area contributed by atoms with Crippen molar-refractivity contribution < 1.29 is 28.9 Å². The molecule has 2 unspecified atom stereocenters. The van der Waals surface area contributed by atoms with Gasteiger partial charge in [0, 0.05) is 17.3 Å². The molecule has 1 aliphatic rings. The van der Waals surface area contributed by atoms with Gasteiger partial charge in [0.05, 0.1) is 6.61 Å². The number of carbonyl (C=O) groups excluding carboxylic acids is 2. The van der Waals surface area contributed by atoms with E-state index in [0.717, 1.165) is 4.57 Å². The van der Waals surface area contributed by atoms with E-state index in [1.165, 1.54) is 43.5 Å². The zero-order valence-electron chi connectivity index (χ0n) is 14.8. The summed E-state index contributed by atoms with van der Waals surface area (Å²) in [6.45, 7) is 0.808. The first-order valence-electron chi connectivity index (χ1n) is 8.42. The van der Waals surface area contributed by atoms with E-state index < -0.39 is 42.8 Å². The van der Waals surface area contributed by atoms with Gasteiger partial charge in [-0.05, 0) is 25.1 Å². The van der Waals surface area contributed by atoms with E-state index in [2.05, 4.69) is 10.3 Å². The van der Waals surface area contributed by atoms with Crippen LogP contribution in [0.2, 0.25) is 0 Å². The van der Waals surface area contributed by atoms with Crippen LogP contribution in [0, 0.1) is 0 Å². The molecular weight excluding hydrogens is 373 g/mol. The molecule has 1 aromatic heterocycles. The molecule has 148 valence electrons. The van der Waals surface area contributed by atoms with Gasteiger partial charge in [-0.15, -0.1) is 0 Å². The molecule has 3 N–H and O–H groups in total. The predicted molar refractivity (Wildman–Crippen MR) is 94.8 cm³/mol. The number of aliphatic hydroxyl groups excluding tert-OH is 2. The van der Waals surface area contributed by atoms with Gasteiger partial charge in [-0.25, -0.2) is 9.18 Å². The Morgan fingerprint density at radius 2 is 1.89 bits per heavy atom. The van der Waals surface area contributed by atoms with Crippen LogP contribution in [0.5, 0.6) is 0 Å². The average molecular weight is 391 g/mol. The number of rotatable bonds is 5. The van der Waals surface area contributed by atoms with Crippen molar-refractivity contribution in [1.82, 2.24) is 9.55 Å². The van der Waals surface area contributed by atoms with Gasteiger partial charge in [0.2, 0.25) is 0 Å². The predicted octanol–water partition coefficient (Wildman–Crippen LogP) is 0.287. The number of ketones is 1. The van der Waals surface area contributed by atoms with Crippen molar-refractivity contribution in [2.75, 3.05) is 11.9 Å². The molecule has 0 radical (unpaired) electrons. The Balaban J connectivity index is 1.75. The summed E-state index contributed by atoms with van der Waals surface area (Å²) in [7, 11) is 0. The number of Topliss-reactive ketones (excluding diaryl/α,β-unsaturated/α-hetero) is 1. The Morgan fingerprint density at radius 3 is 2.43 bits per heavy atom. The SMILES string of the molecule is CC(=O)c1ccc(C(=O)Nc2ccn([C@@H]3O[C@H](CO)C(O)C3F)c(=O)n2)cc1. The van der Waals surface area contributed by atoms with Gasteiger partial charge in [-0.3, -0.25) is 14.2 Å². The fraction of sp³-hybridized carbons (Fsp3) is 0.333. The van der Waals surface area contributed by atoms with E-state index in [1.807, 2.05) is 0 Å². The monoisotopic (exact) mass is 391 g/mol. The Bertz CT molecular complexity index is 945. The van der Waals surface area contributed by atoms with Crippen molar-refractivity contribution in [2.45, 2.75) is 31.5 Å². The molecule has 2 aromatic rings. The molecule has 3 rings (SSSR count). The fourth-order valence-electron chi connectivity index (χ4n) is 2.80. The number of aliphatic hydroxyl groups is 2. The summed E-state index contributed by atoms with van der Waals surface area (Å²) in [6.07, 6.45) is -4.90. The number of halogens is 1. The fourth-order valence-corrected chi connectivity index (χ4v) is 2.80. The second-order valence-corrected chi connectivity index (χ2v) is 6.27. The van der Waals surface area contributed by atoms with Crippen molar-refractivity contribution in [3.05, 3.63) is 58.1 Å². The van der Waals surface area contributed by atoms with Crippen molar-refractivity contribution in [2.24, 2.45) is 0 Å². The number of hydrogen-bond donors (Lipinski definition) is 3. The first-order chi connectivity index (χ1) is 13.3. The van der Waals surface area contributed by atoms with Crippen molar-refractivity contribution >= 4 is 17.5 Å². The standard InChI is InChI=1S/C18H18FN3O6/c1-9(24)10-2-4-11(5-3-10)16(26)20-13-6-7-22(18(27)21-13)17-14(19)15(25)12(8-23)28-17/h2-7,12,14-15,17,23,25H,8H2,1H3,(H,20,21,26,27)/t12-,14?,15?,17-/m1/s1. The number of nitrogens with one attached hydrogen (secondary N) is 1. The number of carbonyl (C=O) groups is 2. The maximum absolute atomic E-state index is 14.1. The first kappa shape index (κ1) is 19.8. The van der Waals surface area contributed by atoms with Crippen LogP contribution in [0.25, 0.3) is 0 Å². The molecule has 1 fully saturated rings. The van der Waals surface area contributed by atoms with E-state index >= 15 is 0 Å². The smallest absolute Gasteiger partial charge is 0.351 e. The molecule has 1 aliphatic heterocycles. The van der Waals surface area contributed by atoms with E-state index in [0.29, 0.717) is 5.56 Å². The highest BCUT2D eigenvalue weighted by atomic mass is 19.1. The number of aromatic nitrogens is 2. The van der Waals surface area contributed by atoms with Crippen LogP contribution in [-0.2, 0) is 4.74 Å². The van der Waals surface area contributed by atoms with E-state index in [4.69, 9.17) is 9.84 Å². The largest absolute Gasteiger partial charge is 0.394 e. The van der Waals surface area contributed by atoms with Crippen LogP contribution in [-0.4, -0.2) is 56.4 Å². The lowest BCUT2D eigenvalue weighted by Crippen LogP contribution is -2.33. The molecule has 0 bridgehead atoms. The van der Waals surface area contributed by atoms with Gasteiger partial charge in [0.15, 0.2) is 18.2 Å². The molecule has 0 spiro atoms. The average Bonchev–Trinajstić information content (AvgIpc) is 2.96. The topological polar surface area (TPSA) is 131 Å². The van der Waals surface area contributed by atoms with Crippen LogP contribution in [0.1, 0.15) is 33.9 Å². The zero-order valence-corrected chi connectivity index (χ0v) is 14.8. The van der Waals surface area contributed by atoms with Crippen molar-refractivity contribution in [1.29, 1.82) is 0 Å². The number of alkyl halides is 1. The maximum Gasteiger partial charge on any atom is 0.351 e. The number of nitrogens with zero attached hydrogens (tertiary/aromatic N) is 2. The van der Waals surface area contributed by atoms with Gasteiger partial charge in [-0.2, -0.15) is 4.98 Å². The lowest BCUT2D eigenvalue weighted by atomic mass is 10.1. The van der Waals surface area contributed by atoms with Gasteiger partial charge in [0.1, 0.15) is 18.0 Å². The molecule has 2 heterocycles. The van der Waals surface area contributed by atoms with Crippen molar-refractivity contribution in [3.8, 4) is 0 Å². The third-order valence-corrected chi connectivity index (χ3v) is 4.37. The number of ether oxygens (including phenoxy) is 1. The number of amides is 1. The van der Waals surface area contributed by atoms with Crippen LogP contribution >= 0.6 is 0 Å². The third kappa shape index (κ3) is 3.84. The van der Waals surface area contributed by atoms with Gasteiger partial charge in [-0.1, -0.05) is 12.1 Å². The summed E-state index contributed by atoms with van der Waals surface area (Å²) in [6, 6.07) is 7.21. The number of anilines is 1.